The van der Waals surface area contributed by atoms with Crippen molar-refractivity contribution in [2.45, 2.75) is 26.3 Å². The molecule has 2 aromatic heterocycles. The third-order valence-corrected chi connectivity index (χ3v) is 2.81. The second kappa shape index (κ2) is 5.72. The lowest BCUT2D eigenvalue weighted by Gasteiger charge is -2.04. The predicted molar refractivity (Wildman–Crippen MR) is 68.6 cm³/mol. The second-order valence-corrected chi connectivity index (χ2v) is 4.14. The zero-order valence-electron chi connectivity index (χ0n) is 10.0. The molecule has 0 fully saturated rings. The van der Waals surface area contributed by atoms with E-state index in [9.17, 15) is 4.79 Å². The van der Waals surface area contributed by atoms with Gasteiger partial charge in [-0.15, -0.1) is 0 Å². The number of H-pyrrole nitrogens is 1. The average Bonchev–Trinajstić information content (AvgIpc) is 2.75. The van der Waals surface area contributed by atoms with Crippen LogP contribution in [-0.2, 0) is 16.1 Å². The summed E-state index contributed by atoms with van der Waals surface area (Å²) in [4.78, 5) is 22.4. The van der Waals surface area contributed by atoms with Gasteiger partial charge >= 0.3 is 5.97 Å². The topological polar surface area (TPSA) is 72.8 Å². The molecule has 0 aromatic carbocycles. The number of nitrogens with zero attached hydrogens (tertiary/aromatic N) is 3. The first-order valence-electron chi connectivity index (χ1n) is 5.76. The molecule has 7 heteroatoms. The van der Waals surface area contributed by atoms with Crippen molar-refractivity contribution in [2.75, 3.05) is 6.61 Å². The Balaban J connectivity index is 2.02. The number of ether oxygens (including phenoxy) is 1. The number of imidazole rings is 1. The van der Waals surface area contributed by atoms with Crippen molar-refractivity contribution in [2.24, 2.45) is 0 Å². The number of aryl methyl sites for hydroxylation is 1. The van der Waals surface area contributed by atoms with Gasteiger partial charge in [0.2, 0.25) is 0 Å². The van der Waals surface area contributed by atoms with Gasteiger partial charge in [-0.2, -0.15) is 0 Å². The maximum absolute atomic E-state index is 11.2. The highest BCUT2D eigenvalue weighted by Crippen LogP contribution is 2.10. The number of nitrogens with one attached hydrogen (secondary N) is 1. The summed E-state index contributed by atoms with van der Waals surface area (Å²) in [5.74, 6) is -0.170. The van der Waals surface area contributed by atoms with Crippen LogP contribution >= 0.6 is 12.2 Å². The fraction of sp³-hybridized carbons (Fsp3) is 0.455. The van der Waals surface area contributed by atoms with Gasteiger partial charge in [-0.05, 0) is 13.3 Å². The molecule has 2 rings (SSSR count). The van der Waals surface area contributed by atoms with Crippen molar-refractivity contribution in [3.63, 3.8) is 0 Å². The largest absolute Gasteiger partial charge is 0.466 e. The van der Waals surface area contributed by atoms with E-state index in [1.54, 1.807) is 19.6 Å². The number of fused-ring (bicyclic) bond motifs is 1. The maximum atomic E-state index is 11.2. The van der Waals surface area contributed by atoms with E-state index in [0.29, 0.717) is 36.2 Å². The maximum Gasteiger partial charge on any atom is 0.305 e. The lowest BCUT2D eigenvalue weighted by atomic mass is 10.3. The Bertz CT molecular complexity index is 604. The van der Waals surface area contributed by atoms with Crippen molar-refractivity contribution in [3.8, 4) is 0 Å². The molecule has 0 aliphatic carbocycles. The van der Waals surface area contributed by atoms with E-state index in [2.05, 4.69) is 15.0 Å². The third-order valence-electron chi connectivity index (χ3n) is 2.51. The molecule has 0 saturated carbocycles. The van der Waals surface area contributed by atoms with Crippen LogP contribution in [0.2, 0.25) is 0 Å². The van der Waals surface area contributed by atoms with E-state index in [0.717, 1.165) is 5.65 Å². The molecule has 0 aliphatic heterocycles. The number of carbonyl (C=O) groups excluding carboxylic acids is 1. The van der Waals surface area contributed by atoms with Crippen LogP contribution in [0.4, 0.5) is 0 Å². The van der Waals surface area contributed by atoms with E-state index in [4.69, 9.17) is 17.0 Å². The first-order valence-corrected chi connectivity index (χ1v) is 6.17. The highest BCUT2D eigenvalue weighted by molar-refractivity contribution is 7.71. The monoisotopic (exact) mass is 266 g/mol. The van der Waals surface area contributed by atoms with Gasteiger partial charge < -0.3 is 14.3 Å². The number of carbonyl (C=O) groups is 1. The first kappa shape index (κ1) is 12.7. The molecule has 6 nitrogen and oxygen atoms in total. The van der Waals surface area contributed by atoms with Crippen molar-refractivity contribution >= 4 is 29.4 Å². The molecule has 2 aromatic rings. The summed E-state index contributed by atoms with van der Waals surface area (Å²) in [5.41, 5.74) is 1.52. The van der Waals surface area contributed by atoms with Gasteiger partial charge in [0.05, 0.1) is 19.3 Å². The highest BCUT2D eigenvalue weighted by Gasteiger charge is 2.06. The average molecular weight is 266 g/mol. The fourth-order valence-electron chi connectivity index (χ4n) is 1.70. The van der Waals surface area contributed by atoms with Gasteiger partial charge in [0.25, 0.3) is 0 Å². The van der Waals surface area contributed by atoms with Crippen LogP contribution in [0, 0.1) is 4.64 Å². The number of esters is 1. The molecule has 0 aliphatic rings. The Labute approximate surface area is 109 Å². The minimum atomic E-state index is -0.170. The summed E-state index contributed by atoms with van der Waals surface area (Å²) < 4.78 is 7.27. The van der Waals surface area contributed by atoms with Gasteiger partial charge in [-0.1, -0.05) is 12.2 Å². The lowest BCUT2D eigenvalue weighted by Crippen LogP contribution is -2.06. The second-order valence-electron chi connectivity index (χ2n) is 3.75. The Morgan fingerprint density at radius 1 is 1.56 bits per heavy atom. The van der Waals surface area contributed by atoms with Crippen molar-refractivity contribution in [1.82, 2.24) is 19.5 Å². The number of hydrogen-bond acceptors (Lipinski definition) is 5. The Hall–Kier alpha value is -1.76. The van der Waals surface area contributed by atoms with Gasteiger partial charge in [-0.25, -0.2) is 9.97 Å². The number of aromatic nitrogens is 4. The third kappa shape index (κ3) is 2.73. The normalized spacial score (nSPS) is 10.7. The highest BCUT2D eigenvalue weighted by atomic mass is 32.1. The van der Waals surface area contributed by atoms with E-state index in [-0.39, 0.29) is 5.97 Å². The molecule has 0 spiro atoms. The summed E-state index contributed by atoms with van der Waals surface area (Å²) >= 11 is 5.07. The molecule has 0 amide bonds. The quantitative estimate of drug-likeness (QED) is 0.660. The Kier molecular flexibility index (Phi) is 4.03. The van der Waals surface area contributed by atoms with E-state index in [1.165, 1.54) is 0 Å². The van der Waals surface area contributed by atoms with Gasteiger partial charge in [0.1, 0.15) is 11.2 Å². The number of hydrogen-bond donors (Lipinski definition) is 1. The number of aromatic amines is 1. The summed E-state index contributed by atoms with van der Waals surface area (Å²) in [7, 11) is 0. The van der Waals surface area contributed by atoms with E-state index in [1.807, 2.05) is 4.57 Å². The minimum absolute atomic E-state index is 0.170. The molecule has 18 heavy (non-hydrogen) atoms. The van der Waals surface area contributed by atoms with Crippen LogP contribution in [0.25, 0.3) is 11.2 Å². The van der Waals surface area contributed by atoms with Crippen molar-refractivity contribution in [1.29, 1.82) is 0 Å². The summed E-state index contributed by atoms with van der Waals surface area (Å²) in [6.07, 6.45) is 4.35. The van der Waals surface area contributed by atoms with Crippen molar-refractivity contribution < 1.29 is 9.53 Å². The molecule has 0 saturated heterocycles. The molecule has 2 heterocycles. The summed E-state index contributed by atoms with van der Waals surface area (Å²) in [6.45, 7) is 2.91. The van der Waals surface area contributed by atoms with Gasteiger partial charge in [0.15, 0.2) is 4.64 Å². The van der Waals surface area contributed by atoms with Crippen LogP contribution in [0.1, 0.15) is 19.8 Å². The predicted octanol–water partition coefficient (Wildman–Crippen LogP) is 1.83. The lowest BCUT2D eigenvalue weighted by molar-refractivity contribution is -0.143. The van der Waals surface area contributed by atoms with Crippen LogP contribution < -0.4 is 0 Å². The summed E-state index contributed by atoms with van der Waals surface area (Å²) in [5, 5.41) is 0. The van der Waals surface area contributed by atoms with Crippen LogP contribution in [0.3, 0.4) is 0 Å². The molecular weight excluding hydrogens is 252 g/mol. The molecule has 0 unspecified atom stereocenters. The van der Waals surface area contributed by atoms with Gasteiger partial charge in [-0.3, -0.25) is 4.79 Å². The molecular formula is C11H14N4O2S. The molecule has 96 valence electrons. The first-order chi connectivity index (χ1) is 8.72. The number of rotatable bonds is 5. The van der Waals surface area contributed by atoms with Crippen LogP contribution in [-0.4, -0.2) is 32.1 Å². The standard InChI is InChI=1S/C11H14N4O2S/c1-2-17-8(16)4-3-5-15-7-14-9-10(15)12-6-13-11(9)18/h6-7H,2-5H2,1H3,(H,12,13,18). The zero-order valence-corrected chi connectivity index (χ0v) is 10.9. The van der Waals surface area contributed by atoms with Crippen LogP contribution in [0.15, 0.2) is 12.7 Å². The molecule has 0 radical (unpaired) electrons. The summed E-state index contributed by atoms with van der Waals surface area (Å²) in [6, 6.07) is 0. The molecule has 0 atom stereocenters. The smallest absolute Gasteiger partial charge is 0.305 e. The molecule has 0 bridgehead atoms. The SMILES string of the molecule is CCOC(=O)CCCn1cnc2c(=S)nc[nH]c21. The van der Waals surface area contributed by atoms with E-state index < -0.39 is 0 Å². The van der Waals surface area contributed by atoms with Crippen molar-refractivity contribution in [3.05, 3.63) is 17.3 Å². The fourth-order valence-corrected chi connectivity index (χ4v) is 1.90. The van der Waals surface area contributed by atoms with Gasteiger partial charge in [0, 0.05) is 13.0 Å². The Morgan fingerprint density at radius 2 is 2.39 bits per heavy atom. The molecule has 1 N–H and O–H groups in total. The van der Waals surface area contributed by atoms with Crippen LogP contribution in [0.5, 0.6) is 0 Å². The van der Waals surface area contributed by atoms with E-state index >= 15 is 0 Å². The minimum Gasteiger partial charge on any atom is -0.466 e. The zero-order chi connectivity index (χ0) is 13.0. The Morgan fingerprint density at radius 3 is 3.17 bits per heavy atom.